The van der Waals surface area contributed by atoms with E-state index in [4.69, 9.17) is 0 Å². The SMILES string of the molecule is CC1CCNCC1NS(=O)(=O)c1cn(C)c(=O)n(C)c1=O.Cl. The molecule has 1 aliphatic heterocycles. The van der Waals surface area contributed by atoms with Crippen molar-refractivity contribution in [2.75, 3.05) is 13.1 Å². The highest BCUT2D eigenvalue weighted by Gasteiger charge is 2.29. The number of aromatic nitrogens is 2. The van der Waals surface area contributed by atoms with Crippen LogP contribution in [0.2, 0.25) is 0 Å². The minimum Gasteiger partial charge on any atom is -0.315 e. The van der Waals surface area contributed by atoms with Gasteiger partial charge in [0, 0.05) is 32.9 Å². The summed E-state index contributed by atoms with van der Waals surface area (Å²) in [6.07, 6.45) is 1.92. The number of halogens is 1. The third-order valence-corrected chi connectivity index (χ3v) is 5.31. The van der Waals surface area contributed by atoms with Crippen molar-refractivity contribution in [2.24, 2.45) is 20.0 Å². The second-order valence-electron chi connectivity index (χ2n) is 5.45. The summed E-state index contributed by atoms with van der Waals surface area (Å²) in [5.41, 5.74) is -1.38. The highest BCUT2D eigenvalue weighted by atomic mass is 35.5. The Labute approximate surface area is 135 Å². The van der Waals surface area contributed by atoms with Crippen molar-refractivity contribution in [2.45, 2.75) is 24.3 Å². The number of nitrogens with one attached hydrogen (secondary N) is 2. The van der Waals surface area contributed by atoms with Gasteiger partial charge in [0.2, 0.25) is 10.0 Å². The molecule has 2 heterocycles. The standard InChI is InChI=1S/C12H20N4O4S.ClH/c1-8-4-5-13-6-9(8)14-21(19,20)10-7-15(2)12(18)16(3)11(10)17;/h7-9,13-14H,4-6H2,1-3H3;1H. The first kappa shape index (κ1) is 18.9. The molecule has 2 N–H and O–H groups in total. The van der Waals surface area contributed by atoms with Crippen LogP contribution in [0.25, 0.3) is 0 Å². The lowest BCUT2D eigenvalue weighted by Gasteiger charge is -2.29. The molecule has 8 nitrogen and oxygen atoms in total. The monoisotopic (exact) mass is 352 g/mol. The molecule has 0 aliphatic carbocycles. The van der Waals surface area contributed by atoms with E-state index in [0.29, 0.717) is 6.54 Å². The van der Waals surface area contributed by atoms with Crippen molar-refractivity contribution in [3.8, 4) is 0 Å². The van der Waals surface area contributed by atoms with Gasteiger partial charge in [0.1, 0.15) is 0 Å². The van der Waals surface area contributed by atoms with Gasteiger partial charge in [0.25, 0.3) is 5.56 Å². The Morgan fingerprint density at radius 2 is 1.95 bits per heavy atom. The van der Waals surface area contributed by atoms with Gasteiger partial charge >= 0.3 is 5.69 Å². The molecule has 0 bridgehead atoms. The Hall–Kier alpha value is -1.16. The maximum absolute atomic E-state index is 12.4. The van der Waals surface area contributed by atoms with Crippen molar-refractivity contribution in [3.63, 3.8) is 0 Å². The minimum absolute atomic E-state index is 0. The Kier molecular flexibility index (Phi) is 5.96. The molecule has 0 spiro atoms. The van der Waals surface area contributed by atoms with Crippen LogP contribution in [-0.4, -0.2) is 36.7 Å². The lowest BCUT2D eigenvalue weighted by atomic mass is 9.96. The molecule has 126 valence electrons. The zero-order valence-corrected chi connectivity index (χ0v) is 14.3. The molecule has 1 fully saturated rings. The summed E-state index contributed by atoms with van der Waals surface area (Å²) < 4.78 is 29.3. The first-order valence-corrected chi connectivity index (χ1v) is 8.22. The summed E-state index contributed by atoms with van der Waals surface area (Å²) in [5.74, 6) is 0.178. The molecule has 2 unspecified atom stereocenters. The fraction of sp³-hybridized carbons (Fsp3) is 0.667. The van der Waals surface area contributed by atoms with E-state index in [-0.39, 0.29) is 24.4 Å². The molecule has 1 aromatic heterocycles. The van der Waals surface area contributed by atoms with Crippen LogP contribution in [0.3, 0.4) is 0 Å². The predicted octanol–water partition coefficient (Wildman–Crippen LogP) is -1.22. The van der Waals surface area contributed by atoms with Crippen molar-refractivity contribution in [1.29, 1.82) is 0 Å². The van der Waals surface area contributed by atoms with Gasteiger partial charge in [-0.15, -0.1) is 12.4 Å². The highest BCUT2D eigenvalue weighted by Crippen LogP contribution is 2.13. The molecule has 10 heteroatoms. The molecule has 2 atom stereocenters. The van der Waals surface area contributed by atoms with Gasteiger partial charge < -0.3 is 9.88 Å². The number of sulfonamides is 1. The van der Waals surface area contributed by atoms with Gasteiger partial charge in [-0.3, -0.25) is 9.36 Å². The van der Waals surface area contributed by atoms with Crippen LogP contribution in [0.1, 0.15) is 13.3 Å². The lowest BCUT2D eigenvalue weighted by Crippen LogP contribution is -2.51. The fourth-order valence-electron chi connectivity index (χ4n) is 2.37. The third kappa shape index (κ3) is 3.60. The molecule has 22 heavy (non-hydrogen) atoms. The molecule has 1 aliphatic rings. The van der Waals surface area contributed by atoms with Crippen molar-refractivity contribution < 1.29 is 8.42 Å². The second kappa shape index (κ2) is 6.95. The summed E-state index contributed by atoms with van der Waals surface area (Å²) >= 11 is 0. The second-order valence-corrected chi connectivity index (χ2v) is 7.13. The first-order chi connectivity index (χ1) is 9.74. The van der Waals surface area contributed by atoms with Gasteiger partial charge in [0.15, 0.2) is 4.90 Å². The summed E-state index contributed by atoms with van der Waals surface area (Å²) in [6, 6.07) is -0.273. The molecule has 1 saturated heterocycles. The van der Waals surface area contributed by atoms with Gasteiger partial charge in [0.05, 0.1) is 0 Å². The van der Waals surface area contributed by atoms with Crippen LogP contribution in [0.15, 0.2) is 20.7 Å². The molecule has 0 aromatic carbocycles. The maximum atomic E-state index is 12.4. The molecule has 2 rings (SSSR count). The van der Waals surface area contributed by atoms with E-state index in [2.05, 4.69) is 10.0 Å². The molecular formula is C12H21ClN4O4S. The van der Waals surface area contributed by atoms with Crippen molar-refractivity contribution >= 4 is 22.4 Å². The molecule has 0 saturated carbocycles. The van der Waals surface area contributed by atoms with Crippen molar-refractivity contribution in [3.05, 3.63) is 27.0 Å². The minimum atomic E-state index is -3.97. The van der Waals surface area contributed by atoms with Crippen LogP contribution < -0.4 is 21.3 Å². The normalized spacial score (nSPS) is 22.1. The number of hydrogen-bond acceptors (Lipinski definition) is 5. The molecule has 0 amide bonds. The smallest absolute Gasteiger partial charge is 0.315 e. The Morgan fingerprint density at radius 1 is 1.32 bits per heavy atom. The van der Waals surface area contributed by atoms with Gasteiger partial charge in [-0.2, -0.15) is 0 Å². The quantitative estimate of drug-likeness (QED) is 0.710. The summed E-state index contributed by atoms with van der Waals surface area (Å²) in [5, 5.41) is 3.12. The largest absolute Gasteiger partial charge is 0.330 e. The zero-order valence-electron chi connectivity index (χ0n) is 12.7. The number of piperidine rings is 1. The predicted molar refractivity (Wildman–Crippen MR) is 84.9 cm³/mol. The van der Waals surface area contributed by atoms with E-state index in [1.54, 1.807) is 0 Å². The maximum Gasteiger partial charge on any atom is 0.330 e. The topological polar surface area (TPSA) is 102 Å². The van der Waals surface area contributed by atoms with Crippen molar-refractivity contribution in [1.82, 2.24) is 19.2 Å². The molecule has 0 radical (unpaired) electrons. The lowest BCUT2D eigenvalue weighted by molar-refractivity contribution is 0.327. The van der Waals surface area contributed by atoms with E-state index in [9.17, 15) is 18.0 Å². The van der Waals surface area contributed by atoms with Gasteiger partial charge in [-0.1, -0.05) is 6.92 Å². The highest BCUT2D eigenvalue weighted by molar-refractivity contribution is 7.89. The van der Waals surface area contributed by atoms with E-state index in [1.807, 2.05) is 6.92 Å². The number of nitrogens with zero attached hydrogens (tertiary/aromatic N) is 2. The molecule has 1 aromatic rings. The fourth-order valence-corrected chi connectivity index (χ4v) is 3.87. The Balaban J connectivity index is 0.00000242. The summed E-state index contributed by atoms with van der Waals surface area (Å²) in [4.78, 5) is 23.2. The van der Waals surface area contributed by atoms with E-state index >= 15 is 0 Å². The van der Waals surface area contributed by atoms with E-state index in [0.717, 1.165) is 28.3 Å². The van der Waals surface area contributed by atoms with Crippen LogP contribution in [-0.2, 0) is 24.1 Å². The average molecular weight is 353 g/mol. The number of aryl methyl sites for hydroxylation is 1. The first-order valence-electron chi connectivity index (χ1n) is 6.73. The van der Waals surface area contributed by atoms with Crippen LogP contribution >= 0.6 is 12.4 Å². The van der Waals surface area contributed by atoms with Crippen LogP contribution in [0.4, 0.5) is 0 Å². The van der Waals surface area contributed by atoms with Gasteiger partial charge in [-0.05, 0) is 18.9 Å². The zero-order chi connectivity index (χ0) is 15.8. The summed E-state index contributed by atoms with van der Waals surface area (Å²) in [6.45, 7) is 3.33. The third-order valence-electron chi connectivity index (χ3n) is 3.84. The van der Waals surface area contributed by atoms with E-state index in [1.165, 1.54) is 14.1 Å². The Bertz CT molecular complexity index is 755. The van der Waals surface area contributed by atoms with Gasteiger partial charge in [-0.25, -0.2) is 17.9 Å². The average Bonchev–Trinajstić information content (AvgIpc) is 2.42. The number of rotatable bonds is 3. The number of hydrogen-bond donors (Lipinski definition) is 2. The van der Waals surface area contributed by atoms with Crippen LogP contribution in [0, 0.1) is 5.92 Å². The summed E-state index contributed by atoms with van der Waals surface area (Å²) in [7, 11) is -1.30. The van der Waals surface area contributed by atoms with E-state index < -0.39 is 26.2 Å². The Morgan fingerprint density at radius 3 is 2.55 bits per heavy atom. The molecular weight excluding hydrogens is 332 g/mol. The van der Waals surface area contributed by atoms with Crippen LogP contribution in [0.5, 0.6) is 0 Å².